The van der Waals surface area contributed by atoms with Crippen molar-refractivity contribution in [2.24, 2.45) is 5.41 Å². The van der Waals surface area contributed by atoms with E-state index in [-0.39, 0.29) is 16.9 Å². The predicted octanol–water partition coefficient (Wildman–Crippen LogP) is 4.72. The second kappa shape index (κ2) is 15.5. The third kappa shape index (κ3) is 7.65. The molecule has 0 spiro atoms. The Labute approximate surface area is 232 Å². The summed E-state index contributed by atoms with van der Waals surface area (Å²) in [4.78, 5) is 0.216. The van der Waals surface area contributed by atoms with E-state index in [1.165, 1.54) is 8.29 Å². The molecule has 0 bridgehead atoms. The first kappa shape index (κ1) is 34.7. The number of hydrogen-bond donors (Lipinski definition) is 0. The van der Waals surface area contributed by atoms with Crippen molar-refractivity contribution in [2.45, 2.75) is 89.2 Å². The molecule has 8 nitrogen and oxygen atoms in total. The van der Waals surface area contributed by atoms with Gasteiger partial charge in [0.25, 0.3) is 0 Å². The van der Waals surface area contributed by atoms with E-state index < -0.39 is 24.8 Å². The number of methoxy groups -OCH3 is 2. The van der Waals surface area contributed by atoms with Gasteiger partial charge in [-0.3, -0.25) is 0 Å². The van der Waals surface area contributed by atoms with Crippen molar-refractivity contribution in [1.29, 1.82) is 0 Å². The van der Waals surface area contributed by atoms with Crippen molar-refractivity contribution in [3.63, 3.8) is 0 Å². The Hall–Kier alpha value is -1.33. The Kier molecular flexibility index (Phi) is 14.1. The van der Waals surface area contributed by atoms with Crippen molar-refractivity contribution < 1.29 is 30.3 Å². The Morgan fingerprint density at radius 2 is 1.32 bits per heavy atom. The van der Waals surface area contributed by atoms with Gasteiger partial charge < -0.3 is 9.47 Å². The molecule has 0 aliphatic carbocycles. The van der Waals surface area contributed by atoms with E-state index >= 15 is 0 Å². The molecule has 0 saturated heterocycles. The molecule has 10 heteroatoms. The lowest BCUT2D eigenvalue weighted by Crippen LogP contribution is -2.54. The van der Waals surface area contributed by atoms with Crippen molar-refractivity contribution in [2.75, 3.05) is 47.1 Å². The van der Waals surface area contributed by atoms with Crippen LogP contribution in [0.1, 0.15) is 78.7 Å². The first-order valence-corrected chi connectivity index (χ1v) is 16.6. The summed E-state index contributed by atoms with van der Waals surface area (Å²) in [6.07, 6.45) is 4.21. The van der Waals surface area contributed by atoms with Gasteiger partial charge in [-0.05, 0) is 61.6 Å². The highest BCUT2D eigenvalue weighted by molar-refractivity contribution is 7.89. The van der Waals surface area contributed by atoms with E-state index in [1.54, 1.807) is 38.5 Å². The molecule has 0 heterocycles. The largest absolute Gasteiger partial charge is 0.385 e. The highest BCUT2D eigenvalue weighted by Gasteiger charge is 2.58. The summed E-state index contributed by atoms with van der Waals surface area (Å²) in [5.74, 6) is 0. The van der Waals surface area contributed by atoms with Gasteiger partial charge >= 0.3 is 10.0 Å². The highest BCUT2D eigenvalue weighted by atomic mass is 32.2. The van der Waals surface area contributed by atoms with Crippen molar-refractivity contribution in [3.8, 4) is 0 Å². The number of hydrogen-bond acceptors (Lipinski definition) is 6. The minimum Gasteiger partial charge on any atom is -0.385 e. The average molecular weight is 576 g/mol. The van der Waals surface area contributed by atoms with Crippen LogP contribution in [0.3, 0.4) is 0 Å². The molecule has 0 aromatic heterocycles. The topological polar surface area (TPSA) is 93.0 Å². The van der Waals surface area contributed by atoms with Crippen molar-refractivity contribution in [1.82, 2.24) is 4.31 Å². The molecule has 1 rings (SSSR count). The Morgan fingerprint density at radius 1 is 0.842 bits per heavy atom. The van der Waals surface area contributed by atoms with Crippen LogP contribution in [0.25, 0.3) is 0 Å². The fourth-order valence-electron chi connectivity index (χ4n) is 5.39. The lowest BCUT2D eigenvalue weighted by Gasteiger charge is -2.44. The second-order valence-corrected chi connectivity index (χ2v) is 14.3. The minimum atomic E-state index is -3.68. The maximum absolute atomic E-state index is 13.8. The Balaban J connectivity index is 3.08. The minimum absolute atomic E-state index is 0.216. The van der Waals surface area contributed by atoms with Gasteiger partial charge in [-0.15, -0.1) is 3.98 Å². The van der Waals surface area contributed by atoms with Crippen LogP contribution in [0, 0.1) is 5.41 Å². The zero-order valence-corrected chi connectivity index (χ0v) is 26.3. The smallest absolute Gasteiger partial charge is 0.370 e. The van der Waals surface area contributed by atoms with E-state index in [2.05, 4.69) is 27.5 Å². The molecule has 1 aromatic carbocycles. The Morgan fingerprint density at radius 3 is 1.71 bits per heavy atom. The molecule has 1 aromatic rings. The number of benzene rings is 1. The van der Waals surface area contributed by atoms with Crippen LogP contribution in [0.4, 0.5) is 0 Å². The fourth-order valence-corrected chi connectivity index (χ4v) is 9.38. The summed E-state index contributed by atoms with van der Waals surface area (Å²) in [6.45, 7) is 15.9. The fraction of sp³-hybridized carbons (Fsp3) is 0.750. The summed E-state index contributed by atoms with van der Waals surface area (Å²) in [5.41, 5.74) is 0.491. The molecular formula is C28H51N2O6S2+. The maximum Gasteiger partial charge on any atom is 0.370 e. The summed E-state index contributed by atoms with van der Waals surface area (Å²) < 4.78 is 66.3. The molecule has 0 saturated carbocycles. The van der Waals surface area contributed by atoms with Gasteiger partial charge in [0.2, 0.25) is 10.0 Å². The zero-order valence-electron chi connectivity index (χ0n) is 24.7. The van der Waals surface area contributed by atoms with Crippen LogP contribution in [-0.2, 0) is 35.9 Å². The third-order valence-electron chi connectivity index (χ3n) is 8.36. The van der Waals surface area contributed by atoms with E-state index in [0.29, 0.717) is 58.4 Å². The molecule has 220 valence electrons. The van der Waals surface area contributed by atoms with Crippen LogP contribution < -0.4 is 0 Å². The van der Waals surface area contributed by atoms with Gasteiger partial charge in [0.15, 0.2) is 6.54 Å². The second-order valence-electron chi connectivity index (χ2n) is 10.1. The zero-order chi connectivity index (χ0) is 29.0. The number of nitrogens with zero attached hydrogens (tertiary/aromatic N) is 2. The normalized spacial score (nSPS) is 13.3. The monoisotopic (exact) mass is 575 g/mol. The number of rotatable bonds is 20. The molecule has 0 atom stereocenters. The van der Waals surface area contributed by atoms with E-state index in [0.717, 1.165) is 18.4 Å². The first-order valence-electron chi connectivity index (χ1n) is 13.8. The summed E-state index contributed by atoms with van der Waals surface area (Å²) in [5, 5.41) is 0. The molecule has 0 amide bonds. The van der Waals surface area contributed by atoms with Crippen molar-refractivity contribution >= 4 is 26.8 Å². The van der Waals surface area contributed by atoms with Gasteiger partial charge in [-0.1, -0.05) is 46.8 Å². The lowest BCUT2D eigenvalue weighted by molar-refractivity contribution is -0.359. The van der Waals surface area contributed by atoms with Gasteiger partial charge in [-0.2, -0.15) is 12.7 Å². The summed E-state index contributed by atoms with van der Waals surface area (Å²) >= 11 is 0. The maximum atomic E-state index is 13.8. The number of ether oxygens (including phenoxy) is 2. The molecule has 0 radical (unpaired) electrons. The highest BCUT2D eigenvalue weighted by Crippen LogP contribution is 2.48. The molecule has 0 aliphatic heterocycles. The van der Waals surface area contributed by atoms with Crippen LogP contribution >= 0.6 is 0 Å². The Bertz CT molecular complexity index is 1050. The van der Waals surface area contributed by atoms with Crippen LogP contribution in [0.15, 0.2) is 29.2 Å². The molecule has 0 unspecified atom stereocenters. The molecule has 0 fully saturated rings. The van der Waals surface area contributed by atoms with Gasteiger partial charge in [0.1, 0.15) is 11.5 Å². The van der Waals surface area contributed by atoms with Gasteiger partial charge in [-0.25, -0.2) is 8.42 Å². The van der Waals surface area contributed by atoms with Crippen LogP contribution in [0.2, 0.25) is 0 Å². The van der Waals surface area contributed by atoms with Crippen LogP contribution in [0.5, 0.6) is 0 Å². The number of sulfonamides is 2. The van der Waals surface area contributed by atoms with E-state index in [9.17, 15) is 16.8 Å². The molecular weight excluding hydrogens is 524 g/mol. The lowest BCUT2D eigenvalue weighted by atomic mass is 9.69. The van der Waals surface area contributed by atoms with E-state index in [4.69, 9.17) is 9.47 Å². The summed E-state index contributed by atoms with van der Waals surface area (Å²) in [7, 11) is -4.17. The standard InChI is InChI=1S/C28H51N2O6S2/c1-9-27(5,10-2)28(11-3,12-4)38(33,34)29(6)22-19-25-15-17-26(18-16-25)37(31,32)30(20-13-23-35-7)21-14-24-36-8/h15-18H,6,9-14,19-24H2,1-5,7-8H3/q+1. The predicted molar refractivity (Wildman–Crippen MR) is 155 cm³/mol. The first-order chi connectivity index (χ1) is 17.9. The van der Waals surface area contributed by atoms with Gasteiger partial charge in [0.05, 0.1) is 4.90 Å². The molecule has 0 N–H and O–H groups in total. The summed E-state index contributed by atoms with van der Waals surface area (Å²) in [6, 6.07) is 6.70. The molecule has 0 aliphatic rings. The van der Waals surface area contributed by atoms with Crippen LogP contribution in [-0.4, -0.2) is 83.7 Å². The van der Waals surface area contributed by atoms with E-state index in [1.807, 2.05) is 13.8 Å². The SMILES string of the molecule is C=[N+](CCc1ccc(S(=O)(=O)N(CCCOC)CCCOC)cc1)S(=O)(=O)C(CC)(CC)C(C)(CC)CC. The van der Waals surface area contributed by atoms with Crippen molar-refractivity contribution in [3.05, 3.63) is 29.8 Å². The van der Waals surface area contributed by atoms with Gasteiger partial charge in [0, 0.05) is 46.9 Å². The third-order valence-corrected chi connectivity index (χ3v) is 13.2. The molecule has 38 heavy (non-hydrogen) atoms. The average Bonchev–Trinajstić information content (AvgIpc) is 2.91. The quantitative estimate of drug-likeness (QED) is 0.127.